The van der Waals surface area contributed by atoms with E-state index < -0.39 is 5.97 Å². The zero-order chi connectivity index (χ0) is 20.6. The second-order valence-corrected chi connectivity index (χ2v) is 8.48. The van der Waals surface area contributed by atoms with Gasteiger partial charge in [-0.15, -0.1) is 11.3 Å². The van der Waals surface area contributed by atoms with Gasteiger partial charge in [0.1, 0.15) is 0 Å². The number of allylic oxidation sites excluding steroid dienone is 1. The molecule has 1 aromatic heterocycles. The van der Waals surface area contributed by atoms with Gasteiger partial charge in [-0.1, -0.05) is 51.1 Å². The van der Waals surface area contributed by atoms with Gasteiger partial charge in [0.15, 0.2) is 0 Å². The van der Waals surface area contributed by atoms with Crippen LogP contribution in [-0.4, -0.2) is 23.5 Å². The maximum absolute atomic E-state index is 12.9. The van der Waals surface area contributed by atoms with E-state index >= 15 is 0 Å². The van der Waals surface area contributed by atoms with Gasteiger partial charge in [0.25, 0.3) is 5.91 Å². The van der Waals surface area contributed by atoms with Crippen molar-refractivity contribution in [3.05, 3.63) is 64.4 Å². The van der Waals surface area contributed by atoms with Gasteiger partial charge in [-0.2, -0.15) is 0 Å². The molecule has 0 bridgehead atoms. The fourth-order valence-corrected chi connectivity index (χ4v) is 3.27. The van der Waals surface area contributed by atoms with Gasteiger partial charge in [0.05, 0.1) is 10.6 Å². The molecule has 0 aliphatic carbocycles. The lowest BCUT2D eigenvalue weighted by Gasteiger charge is -2.24. The van der Waals surface area contributed by atoms with Crippen molar-refractivity contribution in [1.82, 2.24) is 5.43 Å². The van der Waals surface area contributed by atoms with Crippen molar-refractivity contribution in [2.24, 2.45) is 0 Å². The number of carbonyl (C=O) groups excluding carboxylic acids is 1. The number of hydrazine groups is 1. The summed E-state index contributed by atoms with van der Waals surface area (Å²) in [6, 6.07) is 11.7. The van der Waals surface area contributed by atoms with Gasteiger partial charge in [0, 0.05) is 13.0 Å². The second-order valence-electron chi connectivity index (χ2n) is 7.53. The molecule has 0 saturated heterocycles. The summed E-state index contributed by atoms with van der Waals surface area (Å²) in [7, 11) is 0. The summed E-state index contributed by atoms with van der Waals surface area (Å²) in [5.74, 6) is -0.879. The van der Waals surface area contributed by atoms with Crippen LogP contribution in [0.5, 0.6) is 0 Å². The molecule has 0 aliphatic heterocycles. The van der Waals surface area contributed by atoms with E-state index in [2.05, 4.69) is 26.2 Å². The molecule has 28 heavy (non-hydrogen) atoms. The van der Waals surface area contributed by atoms with Crippen LogP contribution in [0.4, 0.5) is 5.69 Å². The van der Waals surface area contributed by atoms with E-state index in [9.17, 15) is 9.59 Å². The third kappa shape index (κ3) is 6.62. The molecule has 0 saturated carbocycles. The summed E-state index contributed by atoms with van der Waals surface area (Å²) in [4.78, 5) is 24.1. The Kier molecular flexibility index (Phi) is 7.96. The van der Waals surface area contributed by atoms with Crippen LogP contribution in [0.15, 0.2) is 53.9 Å². The molecule has 2 N–H and O–H groups in total. The Morgan fingerprint density at radius 1 is 1.14 bits per heavy atom. The van der Waals surface area contributed by atoms with Crippen LogP contribution in [0, 0.1) is 0 Å². The first kappa shape index (κ1) is 21.9. The quantitative estimate of drug-likeness (QED) is 0.353. The van der Waals surface area contributed by atoms with Gasteiger partial charge in [-0.05, 0) is 47.4 Å². The van der Waals surface area contributed by atoms with E-state index in [1.54, 1.807) is 5.01 Å². The summed E-state index contributed by atoms with van der Waals surface area (Å²) < 4.78 is 0. The van der Waals surface area contributed by atoms with Gasteiger partial charge in [0.2, 0.25) is 0 Å². The number of carboxylic acid groups (broad SMARTS) is 1. The van der Waals surface area contributed by atoms with Crippen LogP contribution >= 0.6 is 11.3 Å². The molecule has 0 fully saturated rings. The molecule has 0 aliphatic rings. The Balaban J connectivity index is 2.06. The third-order valence-corrected chi connectivity index (χ3v) is 5.08. The SMILES string of the molecule is CC(C)(C)c1ccc(N(NC/C=C\CCCC(=O)O)C(=O)c2cccs2)cc1. The van der Waals surface area contributed by atoms with Crippen LogP contribution in [0.3, 0.4) is 0 Å². The number of nitrogens with one attached hydrogen (secondary N) is 1. The summed E-state index contributed by atoms with van der Waals surface area (Å²) in [5, 5.41) is 12.1. The van der Waals surface area contributed by atoms with Crippen molar-refractivity contribution in [2.45, 2.75) is 45.4 Å². The fourth-order valence-electron chi connectivity index (χ4n) is 2.62. The number of carbonyl (C=O) groups is 2. The number of rotatable bonds is 9. The molecule has 0 unspecified atom stereocenters. The number of carboxylic acids is 1. The number of hydrogen-bond donors (Lipinski definition) is 2. The molecule has 0 spiro atoms. The highest BCUT2D eigenvalue weighted by molar-refractivity contribution is 7.12. The minimum Gasteiger partial charge on any atom is -0.481 e. The van der Waals surface area contributed by atoms with Gasteiger partial charge in [-0.3, -0.25) is 9.59 Å². The number of hydrogen-bond acceptors (Lipinski definition) is 4. The van der Waals surface area contributed by atoms with Gasteiger partial charge >= 0.3 is 5.97 Å². The molecule has 5 nitrogen and oxygen atoms in total. The van der Waals surface area contributed by atoms with Crippen molar-refractivity contribution in [3.63, 3.8) is 0 Å². The first-order valence-corrected chi connectivity index (χ1v) is 10.3. The van der Waals surface area contributed by atoms with E-state index in [-0.39, 0.29) is 17.7 Å². The first-order valence-electron chi connectivity index (χ1n) is 9.38. The highest BCUT2D eigenvalue weighted by Gasteiger charge is 2.19. The van der Waals surface area contributed by atoms with Crippen LogP contribution < -0.4 is 10.4 Å². The van der Waals surface area contributed by atoms with Gasteiger partial charge < -0.3 is 5.11 Å². The molecule has 1 amide bonds. The average Bonchev–Trinajstić information content (AvgIpc) is 3.17. The van der Waals surface area contributed by atoms with Crippen molar-refractivity contribution < 1.29 is 14.7 Å². The molecule has 150 valence electrons. The second kappa shape index (κ2) is 10.2. The monoisotopic (exact) mass is 400 g/mol. The molecule has 0 atom stereocenters. The molecule has 1 heterocycles. The van der Waals surface area contributed by atoms with Crippen LogP contribution in [0.1, 0.15) is 55.3 Å². The van der Waals surface area contributed by atoms with E-state index in [1.807, 2.05) is 53.9 Å². The Hall–Kier alpha value is -2.44. The number of benzene rings is 1. The van der Waals surface area contributed by atoms with Crippen molar-refractivity contribution in [1.29, 1.82) is 0 Å². The molecule has 2 rings (SSSR count). The van der Waals surface area contributed by atoms with Crippen molar-refractivity contribution in [2.75, 3.05) is 11.6 Å². The van der Waals surface area contributed by atoms with Crippen molar-refractivity contribution in [3.8, 4) is 0 Å². The van der Waals surface area contributed by atoms with E-state index in [1.165, 1.54) is 16.9 Å². The number of aliphatic carboxylic acids is 1. The lowest BCUT2D eigenvalue weighted by Crippen LogP contribution is -2.43. The van der Waals surface area contributed by atoms with Crippen LogP contribution in [0.25, 0.3) is 0 Å². The normalized spacial score (nSPS) is 11.7. The topological polar surface area (TPSA) is 69.6 Å². The number of anilines is 1. The highest BCUT2D eigenvalue weighted by atomic mass is 32.1. The standard InChI is InChI=1S/C22H28N2O3S/c1-22(2,3)17-11-13-18(14-12-17)24(21(27)19-9-8-16-28-19)23-15-7-5-4-6-10-20(25)26/h5,7-9,11-14,16,23H,4,6,10,15H2,1-3H3,(H,25,26)/b7-5-. The summed E-state index contributed by atoms with van der Waals surface area (Å²) in [6.45, 7) is 6.95. The maximum Gasteiger partial charge on any atom is 0.303 e. The number of nitrogens with zero attached hydrogens (tertiary/aromatic N) is 1. The number of amides is 1. The zero-order valence-corrected chi connectivity index (χ0v) is 17.5. The fraction of sp³-hybridized carbons (Fsp3) is 0.364. The largest absolute Gasteiger partial charge is 0.481 e. The number of thiophene rings is 1. The molecule has 2 aromatic rings. The first-order chi connectivity index (χ1) is 13.3. The Morgan fingerprint density at radius 2 is 1.86 bits per heavy atom. The minimum absolute atomic E-state index is 0.0488. The smallest absolute Gasteiger partial charge is 0.303 e. The Morgan fingerprint density at radius 3 is 2.43 bits per heavy atom. The molecule has 0 radical (unpaired) electrons. The Bertz CT molecular complexity index is 790. The van der Waals surface area contributed by atoms with Crippen LogP contribution in [-0.2, 0) is 10.2 Å². The third-order valence-electron chi connectivity index (χ3n) is 4.22. The predicted molar refractivity (Wildman–Crippen MR) is 115 cm³/mol. The lowest BCUT2D eigenvalue weighted by atomic mass is 9.87. The van der Waals surface area contributed by atoms with E-state index in [0.29, 0.717) is 24.3 Å². The summed E-state index contributed by atoms with van der Waals surface area (Å²) in [5.41, 5.74) is 5.21. The summed E-state index contributed by atoms with van der Waals surface area (Å²) >= 11 is 1.41. The molecular weight excluding hydrogens is 372 g/mol. The molecular formula is C22H28N2O3S. The van der Waals surface area contributed by atoms with E-state index in [4.69, 9.17) is 5.11 Å². The average molecular weight is 401 g/mol. The van der Waals surface area contributed by atoms with E-state index in [0.717, 1.165) is 5.69 Å². The zero-order valence-electron chi connectivity index (χ0n) is 16.6. The highest BCUT2D eigenvalue weighted by Crippen LogP contribution is 2.25. The number of unbranched alkanes of at least 4 members (excludes halogenated alkanes) is 1. The van der Waals surface area contributed by atoms with Gasteiger partial charge in [-0.25, -0.2) is 10.4 Å². The molecule has 1 aromatic carbocycles. The molecule has 6 heteroatoms. The predicted octanol–water partition coefficient (Wildman–Crippen LogP) is 5.01. The summed E-state index contributed by atoms with van der Waals surface area (Å²) in [6.07, 6.45) is 5.33. The minimum atomic E-state index is -0.780. The lowest BCUT2D eigenvalue weighted by molar-refractivity contribution is -0.137. The maximum atomic E-state index is 12.9. The Labute approximate surface area is 170 Å². The van der Waals surface area contributed by atoms with Crippen molar-refractivity contribution >= 4 is 28.9 Å². The van der Waals surface area contributed by atoms with Crippen LogP contribution in [0.2, 0.25) is 0 Å².